The first-order chi connectivity index (χ1) is 16.3. The maximum atomic E-state index is 13.6. The van der Waals surface area contributed by atoms with Crippen LogP contribution in [0.4, 0.5) is 0 Å². The predicted octanol–water partition coefficient (Wildman–Crippen LogP) is 1.66. The molecule has 34 heavy (non-hydrogen) atoms. The second kappa shape index (κ2) is 12.3. The zero-order valence-electron chi connectivity index (χ0n) is 20.9. The van der Waals surface area contributed by atoms with Crippen LogP contribution in [0.5, 0.6) is 5.75 Å². The zero-order valence-corrected chi connectivity index (χ0v) is 21.7. The molecule has 0 bridgehead atoms. The van der Waals surface area contributed by atoms with Gasteiger partial charge in [-0.05, 0) is 50.1 Å². The number of hydrogen-bond donors (Lipinski definition) is 0. The van der Waals surface area contributed by atoms with Crippen molar-refractivity contribution in [3.8, 4) is 5.75 Å². The van der Waals surface area contributed by atoms with Crippen LogP contribution in [0.15, 0.2) is 17.0 Å². The van der Waals surface area contributed by atoms with Gasteiger partial charge in [-0.2, -0.15) is 4.31 Å². The number of rotatable bonds is 10. The van der Waals surface area contributed by atoms with Gasteiger partial charge in [-0.1, -0.05) is 13.3 Å². The quantitative estimate of drug-likeness (QED) is 0.486. The molecule has 3 rings (SSSR count). The molecule has 1 atom stereocenters. The van der Waals surface area contributed by atoms with Gasteiger partial charge in [0.05, 0.1) is 37.9 Å². The van der Waals surface area contributed by atoms with Crippen molar-refractivity contribution in [3.63, 3.8) is 0 Å². The van der Waals surface area contributed by atoms with Crippen LogP contribution in [0.3, 0.4) is 0 Å². The summed E-state index contributed by atoms with van der Waals surface area (Å²) in [4.78, 5) is 17.1. The molecular weight excluding hydrogens is 458 g/mol. The molecule has 10 heteroatoms. The van der Waals surface area contributed by atoms with E-state index in [1.165, 1.54) is 17.1 Å². The Morgan fingerprint density at radius 3 is 2.41 bits per heavy atom. The molecule has 2 aliphatic heterocycles. The predicted molar refractivity (Wildman–Crippen MR) is 130 cm³/mol. The van der Waals surface area contributed by atoms with Gasteiger partial charge in [-0.25, -0.2) is 8.42 Å². The van der Waals surface area contributed by atoms with Crippen molar-refractivity contribution >= 4 is 15.9 Å². The van der Waals surface area contributed by atoms with Crippen molar-refractivity contribution in [3.05, 3.63) is 23.3 Å². The number of morpholine rings is 1. The number of ether oxygens (including phenoxy) is 3. The summed E-state index contributed by atoms with van der Waals surface area (Å²) in [7, 11) is -2.20. The number of methoxy groups -OCH3 is 1. The maximum absolute atomic E-state index is 13.6. The average molecular weight is 498 g/mol. The van der Waals surface area contributed by atoms with Crippen molar-refractivity contribution in [1.29, 1.82) is 0 Å². The minimum absolute atomic E-state index is 0.0527. The Bertz CT molecular complexity index is 908. The highest BCUT2D eigenvalue weighted by Crippen LogP contribution is 2.30. The Morgan fingerprint density at radius 2 is 1.79 bits per heavy atom. The molecule has 1 aromatic carbocycles. The third kappa shape index (κ3) is 6.48. The third-order valence-electron chi connectivity index (χ3n) is 6.50. The Hall–Kier alpha value is -1.72. The van der Waals surface area contributed by atoms with Crippen LogP contribution >= 0.6 is 0 Å². The number of nitrogens with zero attached hydrogens (tertiary/aromatic N) is 3. The minimum Gasteiger partial charge on any atom is -0.497 e. The molecule has 0 saturated carbocycles. The maximum Gasteiger partial charge on any atom is 0.248 e. The summed E-state index contributed by atoms with van der Waals surface area (Å²) in [6.45, 7) is 10.8. The molecular formula is C24H39N3O6S. The monoisotopic (exact) mass is 497 g/mol. The molecule has 0 spiro atoms. The number of hydrogen-bond acceptors (Lipinski definition) is 7. The lowest BCUT2D eigenvalue weighted by Gasteiger charge is -2.36. The lowest BCUT2D eigenvalue weighted by atomic mass is 10.1. The van der Waals surface area contributed by atoms with E-state index in [1.807, 2.05) is 4.90 Å². The van der Waals surface area contributed by atoms with E-state index in [-0.39, 0.29) is 37.2 Å². The van der Waals surface area contributed by atoms with Crippen LogP contribution in [0.1, 0.15) is 30.9 Å². The molecule has 9 nitrogen and oxygen atoms in total. The Morgan fingerprint density at radius 1 is 1.12 bits per heavy atom. The Kier molecular flexibility index (Phi) is 9.73. The standard InChI is InChI=1S/C24H39N3O6S/c1-5-6-7-25-8-10-26(11-9-25)23(28)18-33-17-21-16-32-13-12-27(21)34(29,30)24-19(2)14-22(31-4)15-20(24)3/h14-15,21H,5-13,16-18H2,1-4H3/t21-/m0/s1. The van der Waals surface area contributed by atoms with Gasteiger partial charge in [0.15, 0.2) is 0 Å². The number of aryl methyl sites for hydroxylation is 2. The number of sulfonamides is 1. The average Bonchev–Trinajstić information content (AvgIpc) is 2.82. The van der Waals surface area contributed by atoms with E-state index in [0.29, 0.717) is 36.6 Å². The van der Waals surface area contributed by atoms with E-state index >= 15 is 0 Å². The molecule has 2 saturated heterocycles. The first-order valence-electron chi connectivity index (χ1n) is 12.1. The molecule has 1 amide bonds. The highest BCUT2D eigenvalue weighted by atomic mass is 32.2. The van der Waals surface area contributed by atoms with Crippen molar-refractivity contribution < 1.29 is 27.4 Å². The molecule has 0 aromatic heterocycles. The number of piperazine rings is 1. The Labute approximate surface area is 204 Å². The summed E-state index contributed by atoms with van der Waals surface area (Å²) in [5.41, 5.74) is 1.27. The minimum atomic E-state index is -3.77. The summed E-state index contributed by atoms with van der Waals surface area (Å²) < 4.78 is 45.2. The number of carbonyl (C=O) groups is 1. The summed E-state index contributed by atoms with van der Waals surface area (Å²) >= 11 is 0. The van der Waals surface area contributed by atoms with Crippen molar-refractivity contribution in [1.82, 2.24) is 14.1 Å². The van der Waals surface area contributed by atoms with Crippen molar-refractivity contribution in [2.45, 2.75) is 44.6 Å². The summed E-state index contributed by atoms with van der Waals surface area (Å²) in [5, 5.41) is 0. The third-order valence-corrected chi connectivity index (χ3v) is 8.76. The number of benzene rings is 1. The van der Waals surface area contributed by atoms with Crippen molar-refractivity contribution in [2.24, 2.45) is 0 Å². The van der Waals surface area contributed by atoms with Gasteiger partial charge in [0.25, 0.3) is 0 Å². The SMILES string of the molecule is CCCCN1CCN(C(=O)COC[C@@H]2COCCN2S(=O)(=O)c2c(C)cc(OC)cc2C)CC1. The molecule has 2 heterocycles. The van der Waals surface area contributed by atoms with E-state index in [4.69, 9.17) is 14.2 Å². The Balaban J connectivity index is 1.58. The molecule has 0 unspecified atom stereocenters. The van der Waals surface area contributed by atoms with Crippen LogP contribution in [0.25, 0.3) is 0 Å². The summed E-state index contributed by atoms with van der Waals surface area (Å²) in [5.74, 6) is 0.573. The van der Waals surface area contributed by atoms with Crippen LogP contribution < -0.4 is 4.74 Å². The fourth-order valence-electron chi connectivity index (χ4n) is 4.62. The summed E-state index contributed by atoms with van der Waals surface area (Å²) in [6, 6.07) is 2.97. The molecule has 2 aliphatic rings. The van der Waals surface area contributed by atoms with E-state index in [1.54, 1.807) is 33.1 Å². The zero-order chi connectivity index (χ0) is 24.7. The normalized spacial score (nSPS) is 20.5. The number of amides is 1. The second-order valence-electron chi connectivity index (χ2n) is 9.03. The smallest absolute Gasteiger partial charge is 0.248 e. The van der Waals surface area contributed by atoms with Gasteiger partial charge >= 0.3 is 0 Å². The highest BCUT2D eigenvalue weighted by Gasteiger charge is 2.36. The van der Waals surface area contributed by atoms with Gasteiger partial charge in [-0.3, -0.25) is 9.69 Å². The molecule has 192 valence electrons. The first kappa shape index (κ1) is 26.9. The van der Waals surface area contributed by atoms with Crippen LogP contribution in [0.2, 0.25) is 0 Å². The number of unbranched alkanes of at least 4 members (excludes halogenated alkanes) is 1. The van der Waals surface area contributed by atoms with E-state index in [9.17, 15) is 13.2 Å². The second-order valence-corrected chi connectivity index (χ2v) is 10.9. The first-order valence-corrected chi connectivity index (χ1v) is 13.5. The van der Waals surface area contributed by atoms with E-state index < -0.39 is 16.1 Å². The van der Waals surface area contributed by atoms with E-state index in [2.05, 4.69) is 11.8 Å². The molecule has 0 N–H and O–H groups in total. The van der Waals surface area contributed by atoms with E-state index in [0.717, 1.165) is 19.6 Å². The molecule has 1 aromatic rings. The van der Waals surface area contributed by atoms with Crippen molar-refractivity contribution in [2.75, 3.05) is 72.8 Å². The lowest BCUT2D eigenvalue weighted by Crippen LogP contribution is -2.52. The molecule has 0 radical (unpaired) electrons. The topological polar surface area (TPSA) is 88.6 Å². The highest BCUT2D eigenvalue weighted by molar-refractivity contribution is 7.89. The van der Waals surface area contributed by atoms with Gasteiger partial charge < -0.3 is 19.1 Å². The molecule has 2 fully saturated rings. The fourth-order valence-corrected chi connectivity index (χ4v) is 6.61. The fraction of sp³-hybridized carbons (Fsp3) is 0.708. The molecule has 0 aliphatic carbocycles. The number of carbonyl (C=O) groups excluding carboxylic acids is 1. The van der Waals surface area contributed by atoms with Crippen LogP contribution in [-0.2, 0) is 24.3 Å². The van der Waals surface area contributed by atoms with Gasteiger partial charge in [-0.15, -0.1) is 0 Å². The lowest BCUT2D eigenvalue weighted by molar-refractivity contribution is -0.138. The van der Waals surface area contributed by atoms with Gasteiger partial charge in [0.1, 0.15) is 12.4 Å². The van der Waals surface area contributed by atoms with Gasteiger partial charge in [0.2, 0.25) is 15.9 Å². The summed E-state index contributed by atoms with van der Waals surface area (Å²) in [6.07, 6.45) is 2.34. The largest absolute Gasteiger partial charge is 0.497 e. The van der Waals surface area contributed by atoms with Crippen LogP contribution in [0, 0.1) is 13.8 Å². The van der Waals surface area contributed by atoms with Gasteiger partial charge in [0, 0.05) is 32.7 Å². The van der Waals surface area contributed by atoms with Crippen LogP contribution in [-0.4, -0.2) is 107 Å².